The molecule has 0 fully saturated rings. The maximum atomic E-state index is 13.0. The zero-order valence-electron chi connectivity index (χ0n) is 13.0. The van der Waals surface area contributed by atoms with Crippen LogP contribution in [0.1, 0.15) is 11.1 Å². The molecule has 0 unspecified atom stereocenters. The van der Waals surface area contributed by atoms with Crippen LogP contribution in [-0.2, 0) is 0 Å². The van der Waals surface area contributed by atoms with E-state index in [1.54, 1.807) is 0 Å². The molecule has 0 aliphatic rings. The number of hydrogen-bond acceptors (Lipinski definition) is 2. The maximum Gasteiger partial charge on any atom is 0.319 e. The zero-order chi connectivity index (χ0) is 16.8. The van der Waals surface area contributed by atoms with Crippen molar-refractivity contribution in [3.05, 3.63) is 59.2 Å². The van der Waals surface area contributed by atoms with Crippen molar-refractivity contribution in [2.45, 2.75) is 13.8 Å². The Labute approximate surface area is 133 Å². The Morgan fingerprint density at radius 1 is 1.04 bits per heavy atom. The molecule has 0 radical (unpaired) electrons. The van der Waals surface area contributed by atoms with Gasteiger partial charge in [0.15, 0.2) is 11.6 Å². The minimum atomic E-state index is -0.969. The molecule has 0 bridgehead atoms. The van der Waals surface area contributed by atoms with E-state index < -0.39 is 11.6 Å². The number of hydrogen-bond donors (Lipinski definition) is 2. The third kappa shape index (κ3) is 4.95. The van der Waals surface area contributed by atoms with E-state index in [9.17, 15) is 13.6 Å². The summed E-state index contributed by atoms with van der Waals surface area (Å²) in [4.78, 5) is 11.7. The minimum absolute atomic E-state index is 0.144. The number of anilines is 1. The fraction of sp³-hybridized carbons (Fsp3) is 0.235. The summed E-state index contributed by atoms with van der Waals surface area (Å²) in [6.07, 6.45) is 0. The Kier molecular flexibility index (Phi) is 5.51. The highest BCUT2D eigenvalue weighted by atomic mass is 19.2. The first-order valence-corrected chi connectivity index (χ1v) is 7.15. The lowest BCUT2D eigenvalue weighted by molar-refractivity contribution is 0.247. The average Bonchev–Trinajstić information content (AvgIpc) is 2.51. The van der Waals surface area contributed by atoms with Crippen molar-refractivity contribution in [3.8, 4) is 5.75 Å². The molecule has 0 atom stereocenters. The van der Waals surface area contributed by atoms with Crippen molar-refractivity contribution < 1.29 is 18.3 Å². The molecule has 0 aliphatic carbocycles. The van der Waals surface area contributed by atoms with Crippen LogP contribution in [0.25, 0.3) is 0 Å². The van der Waals surface area contributed by atoms with Crippen molar-refractivity contribution in [2.75, 3.05) is 18.5 Å². The number of halogens is 2. The van der Waals surface area contributed by atoms with E-state index in [2.05, 4.69) is 10.6 Å². The largest absolute Gasteiger partial charge is 0.492 e. The van der Waals surface area contributed by atoms with Gasteiger partial charge in [0.1, 0.15) is 12.4 Å². The molecule has 2 rings (SSSR count). The van der Waals surface area contributed by atoms with Crippen LogP contribution >= 0.6 is 0 Å². The molecule has 122 valence electrons. The minimum Gasteiger partial charge on any atom is -0.492 e. The molecule has 0 saturated heterocycles. The summed E-state index contributed by atoms with van der Waals surface area (Å²) < 4.78 is 31.0. The second-order valence-corrected chi connectivity index (χ2v) is 5.10. The Morgan fingerprint density at radius 3 is 2.52 bits per heavy atom. The first kappa shape index (κ1) is 16.7. The van der Waals surface area contributed by atoms with E-state index in [1.165, 1.54) is 6.07 Å². The second-order valence-electron chi connectivity index (χ2n) is 5.10. The number of ether oxygens (including phenoxy) is 1. The SMILES string of the molecule is Cc1ccc(NC(=O)NCCOc2ccc(F)c(F)c2)cc1C. The standard InChI is InChI=1S/C17H18F2N2O2/c1-11-3-4-13(9-12(11)2)21-17(22)20-7-8-23-14-5-6-15(18)16(19)10-14/h3-6,9-10H,7-8H2,1-2H3,(H2,20,21,22). The monoisotopic (exact) mass is 320 g/mol. The van der Waals surface area contributed by atoms with Crippen LogP contribution in [0.3, 0.4) is 0 Å². The lowest BCUT2D eigenvalue weighted by Gasteiger charge is -2.10. The van der Waals surface area contributed by atoms with E-state index in [4.69, 9.17) is 4.74 Å². The van der Waals surface area contributed by atoms with Gasteiger partial charge in [-0.2, -0.15) is 0 Å². The van der Waals surface area contributed by atoms with Crippen molar-refractivity contribution in [3.63, 3.8) is 0 Å². The number of benzene rings is 2. The number of carbonyl (C=O) groups is 1. The van der Waals surface area contributed by atoms with Gasteiger partial charge in [0, 0.05) is 11.8 Å². The quantitative estimate of drug-likeness (QED) is 0.824. The summed E-state index contributed by atoms with van der Waals surface area (Å²) in [6, 6.07) is 8.55. The summed E-state index contributed by atoms with van der Waals surface area (Å²) in [5.74, 6) is -1.69. The van der Waals surface area contributed by atoms with Crippen molar-refractivity contribution in [2.24, 2.45) is 0 Å². The summed E-state index contributed by atoms with van der Waals surface area (Å²) in [5, 5.41) is 5.33. The Hall–Kier alpha value is -2.63. The number of urea groups is 1. The van der Waals surface area contributed by atoms with Crippen molar-refractivity contribution >= 4 is 11.7 Å². The van der Waals surface area contributed by atoms with Crippen LogP contribution < -0.4 is 15.4 Å². The first-order valence-electron chi connectivity index (χ1n) is 7.15. The van der Waals surface area contributed by atoms with Gasteiger partial charge in [-0.3, -0.25) is 0 Å². The van der Waals surface area contributed by atoms with Gasteiger partial charge in [-0.15, -0.1) is 0 Å². The highest BCUT2D eigenvalue weighted by Gasteiger charge is 2.04. The summed E-state index contributed by atoms with van der Waals surface area (Å²) in [7, 11) is 0. The van der Waals surface area contributed by atoms with Gasteiger partial charge < -0.3 is 15.4 Å². The van der Waals surface area contributed by atoms with Crippen LogP contribution in [0.15, 0.2) is 36.4 Å². The molecular formula is C17H18F2N2O2. The molecule has 2 aromatic carbocycles. The van der Waals surface area contributed by atoms with Gasteiger partial charge >= 0.3 is 6.03 Å². The van der Waals surface area contributed by atoms with E-state index in [-0.39, 0.29) is 24.9 Å². The fourth-order valence-electron chi connectivity index (χ4n) is 1.89. The van der Waals surface area contributed by atoms with Crippen molar-refractivity contribution in [1.29, 1.82) is 0 Å². The zero-order valence-corrected chi connectivity index (χ0v) is 13.0. The van der Waals surface area contributed by atoms with E-state index in [0.29, 0.717) is 5.69 Å². The van der Waals surface area contributed by atoms with Crippen LogP contribution in [0.2, 0.25) is 0 Å². The van der Waals surface area contributed by atoms with Crippen molar-refractivity contribution in [1.82, 2.24) is 5.32 Å². The highest BCUT2D eigenvalue weighted by Crippen LogP contribution is 2.15. The van der Waals surface area contributed by atoms with Crippen LogP contribution in [0.4, 0.5) is 19.3 Å². The number of aryl methyl sites for hydroxylation is 2. The van der Waals surface area contributed by atoms with Crippen LogP contribution in [0, 0.1) is 25.5 Å². The van der Waals surface area contributed by atoms with Crippen LogP contribution in [0.5, 0.6) is 5.75 Å². The molecule has 2 aromatic rings. The van der Waals surface area contributed by atoms with Gasteiger partial charge in [0.25, 0.3) is 0 Å². The third-order valence-electron chi connectivity index (χ3n) is 3.31. The highest BCUT2D eigenvalue weighted by molar-refractivity contribution is 5.89. The molecule has 6 heteroatoms. The van der Waals surface area contributed by atoms with Crippen LogP contribution in [-0.4, -0.2) is 19.2 Å². The van der Waals surface area contributed by atoms with Gasteiger partial charge in [-0.1, -0.05) is 6.07 Å². The fourth-order valence-corrected chi connectivity index (χ4v) is 1.89. The summed E-state index contributed by atoms with van der Waals surface area (Å²) in [6.45, 7) is 4.34. The smallest absolute Gasteiger partial charge is 0.319 e. The number of rotatable bonds is 5. The molecule has 0 spiro atoms. The Morgan fingerprint density at radius 2 is 1.83 bits per heavy atom. The van der Waals surface area contributed by atoms with Gasteiger partial charge in [0.05, 0.1) is 6.54 Å². The number of amides is 2. The molecule has 0 heterocycles. The van der Waals surface area contributed by atoms with Gasteiger partial charge in [0.2, 0.25) is 0 Å². The number of nitrogens with one attached hydrogen (secondary N) is 2. The molecule has 0 aromatic heterocycles. The number of carbonyl (C=O) groups excluding carboxylic acids is 1. The van der Waals surface area contributed by atoms with E-state index in [0.717, 1.165) is 23.3 Å². The molecule has 2 amide bonds. The third-order valence-corrected chi connectivity index (χ3v) is 3.31. The lowest BCUT2D eigenvalue weighted by atomic mass is 10.1. The second kappa shape index (κ2) is 7.58. The maximum absolute atomic E-state index is 13.0. The van der Waals surface area contributed by atoms with E-state index >= 15 is 0 Å². The Bertz CT molecular complexity index is 705. The van der Waals surface area contributed by atoms with Gasteiger partial charge in [-0.25, -0.2) is 13.6 Å². The predicted molar refractivity (Wildman–Crippen MR) is 84.8 cm³/mol. The predicted octanol–water partition coefficient (Wildman–Crippen LogP) is 3.78. The van der Waals surface area contributed by atoms with E-state index in [1.807, 2.05) is 32.0 Å². The molecule has 2 N–H and O–H groups in total. The molecule has 0 aliphatic heterocycles. The molecule has 0 saturated carbocycles. The topological polar surface area (TPSA) is 50.4 Å². The summed E-state index contributed by atoms with van der Waals surface area (Å²) in [5.41, 5.74) is 2.94. The van der Waals surface area contributed by atoms with Gasteiger partial charge in [-0.05, 0) is 49.2 Å². The normalized spacial score (nSPS) is 10.3. The summed E-state index contributed by atoms with van der Waals surface area (Å²) >= 11 is 0. The lowest BCUT2D eigenvalue weighted by Crippen LogP contribution is -2.32. The average molecular weight is 320 g/mol. The Balaban J connectivity index is 1.74. The molecule has 4 nitrogen and oxygen atoms in total. The first-order chi connectivity index (χ1) is 11.0. The molecule has 23 heavy (non-hydrogen) atoms. The molecular weight excluding hydrogens is 302 g/mol.